The number of nitrogens with zero attached hydrogens (tertiary/aromatic N) is 1. The van der Waals surface area contributed by atoms with Crippen LogP contribution in [0.25, 0.3) is 0 Å². The molecule has 3 aromatic rings. The first-order valence-corrected chi connectivity index (χ1v) is 8.69. The van der Waals surface area contributed by atoms with Crippen molar-refractivity contribution < 1.29 is 14.0 Å². The van der Waals surface area contributed by atoms with E-state index in [9.17, 15) is 14.0 Å². The van der Waals surface area contributed by atoms with Gasteiger partial charge in [0, 0.05) is 11.8 Å². The standard InChI is InChI=1S/C19H16FN3O2S/c20-15-8-6-14(7-9-15)19(25)21-12-17(24)23-18(16-10-11-22-26-16)13-4-2-1-3-5-13/h1-11,18H,12H2,(H,21,25)(H,23,24). The van der Waals surface area contributed by atoms with Crippen LogP contribution in [0.4, 0.5) is 4.39 Å². The van der Waals surface area contributed by atoms with Crippen molar-refractivity contribution >= 4 is 23.3 Å². The minimum absolute atomic E-state index is 0.182. The third kappa shape index (κ3) is 4.52. The molecule has 132 valence electrons. The minimum Gasteiger partial charge on any atom is -0.343 e. The Morgan fingerprint density at radius 3 is 2.42 bits per heavy atom. The summed E-state index contributed by atoms with van der Waals surface area (Å²) in [6, 6.07) is 16.2. The van der Waals surface area contributed by atoms with Crippen LogP contribution in [-0.2, 0) is 4.79 Å². The second-order valence-corrected chi connectivity index (χ2v) is 6.38. The molecule has 2 amide bonds. The molecule has 1 aromatic heterocycles. The van der Waals surface area contributed by atoms with Gasteiger partial charge in [0.15, 0.2) is 0 Å². The number of carbonyl (C=O) groups is 2. The largest absolute Gasteiger partial charge is 0.343 e. The van der Waals surface area contributed by atoms with Crippen molar-refractivity contribution in [1.29, 1.82) is 0 Å². The highest BCUT2D eigenvalue weighted by Gasteiger charge is 2.18. The summed E-state index contributed by atoms with van der Waals surface area (Å²) in [5.41, 5.74) is 1.22. The van der Waals surface area contributed by atoms with E-state index in [4.69, 9.17) is 0 Å². The van der Waals surface area contributed by atoms with Gasteiger partial charge in [0.1, 0.15) is 5.82 Å². The molecule has 0 aliphatic rings. The van der Waals surface area contributed by atoms with Crippen LogP contribution >= 0.6 is 11.5 Å². The summed E-state index contributed by atoms with van der Waals surface area (Å²) in [6.07, 6.45) is 1.68. The molecule has 0 radical (unpaired) electrons. The van der Waals surface area contributed by atoms with Gasteiger partial charge in [0.05, 0.1) is 17.5 Å². The maximum absolute atomic E-state index is 12.9. The van der Waals surface area contributed by atoms with Crippen LogP contribution in [0.1, 0.15) is 26.8 Å². The van der Waals surface area contributed by atoms with Gasteiger partial charge in [-0.05, 0) is 47.4 Å². The highest BCUT2D eigenvalue weighted by Crippen LogP contribution is 2.24. The van der Waals surface area contributed by atoms with Gasteiger partial charge in [-0.25, -0.2) is 8.76 Å². The predicted octanol–water partition coefficient (Wildman–Crippen LogP) is 2.92. The molecule has 0 spiro atoms. The maximum atomic E-state index is 12.9. The molecule has 5 nitrogen and oxygen atoms in total. The first-order chi connectivity index (χ1) is 12.6. The lowest BCUT2D eigenvalue weighted by Crippen LogP contribution is -2.38. The number of halogens is 1. The fourth-order valence-corrected chi connectivity index (χ4v) is 3.08. The molecule has 1 heterocycles. The van der Waals surface area contributed by atoms with Crippen LogP contribution in [0.5, 0.6) is 0 Å². The van der Waals surface area contributed by atoms with Crippen molar-refractivity contribution in [2.75, 3.05) is 6.54 Å². The third-order valence-corrected chi connectivity index (χ3v) is 4.51. The summed E-state index contributed by atoms with van der Waals surface area (Å²) >= 11 is 1.30. The molecular weight excluding hydrogens is 353 g/mol. The molecular formula is C19H16FN3O2S. The summed E-state index contributed by atoms with van der Waals surface area (Å²) in [6.45, 7) is -0.182. The van der Waals surface area contributed by atoms with E-state index in [1.165, 1.54) is 35.8 Å². The van der Waals surface area contributed by atoms with Crippen LogP contribution < -0.4 is 10.6 Å². The molecule has 2 N–H and O–H groups in total. The maximum Gasteiger partial charge on any atom is 0.251 e. The molecule has 1 atom stereocenters. The molecule has 26 heavy (non-hydrogen) atoms. The van der Waals surface area contributed by atoms with Crippen molar-refractivity contribution in [3.8, 4) is 0 Å². The number of hydrogen-bond donors (Lipinski definition) is 2. The third-order valence-electron chi connectivity index (χ3n) is 3.70. The van der Waals surface area contributed by atoms with E-state index in [2.05, 4.69) is 15.0 Å². The number of aromatic nitrogens is 1. The molecule has 0 aliphatic heterocycles. The number of benzene rings is 2. The van der Waals surface area contributed by atoms with Gasteiger partial charge < -0.3 is 10.6 Å². The average molecular weight is 369 g/mol. The lowest BCUT2D eigenvalue weighted by Gasteiger charge is -2.18. The SMILES string of the molecule is O=C(CNC(=O)c1ccc(F)cc1)NC(c1ccccc1)c1ccns1. The van der Waals surface area contributed by atoms with E-state index in [1.807, 2.05) is 36.4 Å². The van der Waals surface area contributed by atoms with Crippen LogP contribution in [0.15, 0.2) is 66.9 Å². The zero-order chi connectivity index (χ0) is 18.4. The summed E-state index contributed by atoms with van der Waals surface area (Å²) in [7, 11) is 0. The number of carbonyl (C=O) groups excluding carboxylic acids is 2. The Morgan fingerprint density at radius 2 is 1.77 bits per heavy atom. The van der Waals surface area contributed by atoms with Gasteiger partial charge in [-0.3, -0.25) is 9.59 Å². The number of amides is 2. The normalized spacial score (nSPS) is 11.6. The van der Waals surface area contributed by atoms with Gasteiger partial charge in [0.2, 0.25) is 5.91 Å². The second kappa shape index (κ2) is 8.35. The van der Waals surface area contributed by atoms with Crippen molar-refractivity contribution in [2.24, 2.45) is 0 Å². The average Bonchev–Trinajstić information content (AvgIpc) is 3.20. The Morgan fingerprint density at radius 1 is 1.04 bits per heavy atom. The van der Waals surface area contributed by atoms with Gasteiger partial charge in [0.25, 0.3) is 5.91 Å². The lowest BCUT2D eigenvalue weighted by atomic mass is 10.1. The Kier molecular flexibility index (Phi) is 5.70. The topological polar surface area (TPSA) is 71.1 Å². The fourth-order valence-electron chi connectivity index (χ4n) is 2.41. The second-order valence-electron chi connectivity index (χ2n) is 5.52. The van der Waals surface area contributed by atoms with Crippen molar-refractivity contribution in [2.45, 2.75) is 6.04 Å². The van der Waals surface area contributed by atoms with Crippen LogP contribution in [0, 0.1) is 5.82 Å². The van der Waals surface area contributed by atoms with E-state index in [-0.39, 0.29) is 18.5 Å². The summed E-state index contributed by atoms with van der Waals surface area (Å²) in [5, 5.41) is 5.44. The quantitative estimate of drug-likeness (QED) is 0.702. The van der Waals surface area contributed by atoms with Crippen molar-refractivity contribution in [3.63, 3.8) is 0 Å². The Labute approximate surface area is 154 Å². The van der Waals surface area contributed by atoms with E-state index < -0.39 is 11.7 Å². The molecule has 0 fully saturated rings. The minimum atomic E-state index is -0.436. The summed E-state index contributed by atoms with van der Waals surface area (Å²) < 4.78 is 17.0. The van der Waals surface area contributed by atoms with E-state index in [1.54, 1.807) is 6.20 Å². The molecule has 0 bridgehead atoms. The molecule has 0 aliphatic carbocycles. The van der Waals surface area contributed by atoms with Gasteiger partial charge in [-0.15, -0.1) is 0 Å². The van der Waals surface area contributed by atoms with Crippen LogP contribution in [0.2, 0.25) is 0 Å². The fraction of sp³-hybridized carbons (Fsp3) is 0.105. The Hall–Kier alpha value is -3.06. The molecule has 3 rings (SSSR count). The molecule has 2 aromatic carbocycles. The molecule has 7 heteroatoms. The molecule has 0 saturated carbocycles. The zero-order valence-electron chi connectivity index (χ0n) is 13.7. The number of rotatable bonds is 6. The number of nitrogens with one attached hydrogen (secondary N) is 2. The predicted molar refractivity (Wildman–Crippen MR) is 97.3 cm³/mol. The number of hydrogen-bond acceptors (Lipinski definition) is 4. The Balaban J connectivity index is 1.63. The van der Waals surface area contributed by atoms with E-state index in [0.29, 0.717) is 5.56 Å². The summed E-state index contributed by atoms with van der Waals surface area (Å²) in [4.78, 5) is 25.2. The highest BCUT2D eigenvalue weighted by molar-refractivity contribution is 7.05. The first-order valence-electron chi connectivity index (χ1n) is 7.92. The van der Waals surface area contributed by atoms with Gasteiger partial charge >= 0.3 is 0 Å². The smallest absolute Gasteiger partial charge is 0.251 e. The van der Waals surface area contributed by atoms with Crippen molar-refractivity contribution in [1.82, 2.24) is 15.0 Å². The zero-order valence-corrected chi connectivity index (χ0v) is 14.5. The molecule has 0 saturated heterocycles. The van der Waals surface area contributed by atoms with Gasteiger partial charge in [-0.2, -0.15) is 0 Å². The van der Waals surface area contributed by atoms with Gasteiger partial charge in [-0.1, -0.05) is 30.3 Å². The Bertz CT molecular complexity index is 868. The van der Waals surface area contributed by atoms with Crippen LogP contribution in [0.3, 0.4) is 0 Å². The van der Waals surface area contributed by atoms with Crippen molar-refractivity contribution in [3.05, 3.63) is 88.7 Å². The first kappa shape index (κ1) is 17.8. The molecule has 1 unspecified atom stereocenters. The van der Waals surface area contributed by atoms with E-state index >= 15 is 0 Å². The lowest BCUT2D eigenvalue weighted by molar-refractivity contribution is -0.120. The van der Waals surface area contributed by atoms with E-state index in [0.717, 1.165) is 10.4 Å². The van der Waals surface area contributed by atoms with Crippen LogP contribution in [-0.4, -0.2) is 22.7 Å². The monoisotopic (exact) mass is 369 g/mol. The summed E-state index contributed by atoms with van der Waals surface area (Å²) in [5.74, 6) is -1.19. The highest BCUT2D eigenvalue weighted by atomic mass is 32.1.